The van der Waals surface area contributed by atoms with Gasteiger partial charge in [-0.15, -0.1) is 24.0 Å². The fraction of sp³-hybridized carbons (Fsp3) is 0.524. The lowest BCUT2D eigenvalue weighted by atomic mass is 10.1. The standard InChI is InChI=1S/C21H31N5O.HI/c1-3-23-21(26-11-8-20(9-12-26)27-4-2)24-15-18-6-5-7-19(14-18)16-25-13-10-22-17-25;/h5-7,10,13-14,17,20H,3-4,8-9,11-12,15-16H2,1-2H3,(H,23,24);1H. The smallest absolute Gasteiger partial charge is 0.194 e. The highest BCUT2D eigenvalue weighted by atomic mass is 127. The van der Waals surface area contributed by atoms with Crippen LogP contribution in [-0.2, 0) is 17.8 Å². The Hall–Kier alpha value is -1.61. The van der Waals surface area contributed by atoms with E-state index < -0.39 is 0 Å². The molecule has 7 heteroatoms. The van der Waals surface area contributed by atoms with Crippen molar-refractivity contribution in [1.29, 1.82) is 0 Å². The van der Waals surface area contributed by atoms with Crippen LogP contribution in [-0.4, -0.2) is 52.8 Å². The van der Waals surface area contributed by atoms with Gasteiger partial charge in [-0.05, 0) is 37.8 Å². The predicted octanol–water partition coefficient (Wildman–Crippen LogP) is 3.52. The fourth-order valence-corrected chi connectivity index (χ4v) is 3.48. The number of rotatable bonds is 7. The molecule has 28 heavy (non-hydrogen) atoms. The molecule has 0 spiro atoms. The molecular weight excluding hydrogens is 465 g/mol. The lowest BCUT2D eigenvalue weighted by molar-refractivity contribution is 0.0263. The minimum absolute atomic E-state index is 0. The first-order chi connectivity index (χ1) is 13.3. The average Bonchev–Trinajstić information content (AvgIpc) is 3.19. The third-order valence-electron chi connectivity index (χ3n) is 4.81. The normalized spacial score (nSPS) is 15.4. The van der Waals surface area contributed by atoms with Crippen LogP contribution in [0.15, 0.2) is 48.0 Å². The summed E-state index contributed by atoms with van der Waals surface area (Å²) < 4.78 is 7.84. The number of piperidine rings is 1. The molecule has 1 aromatic heterocycles. The van der Waals surface area contributed by atoms with Crippen LogP contribution in [0.3, 0.4) is 0 Å². The first kappa shape index (κ1) is 22.7. The summed E-state index contributed by atoms with van der Waals surface area (Å²) in [5.41, 5.74) is 2.50. The van der Waals surface area contributed by atoms with Gasteiger partial charge in [0.05, 0.1) is 19.0 Å². The number of halogens is 1. The van der Waals surface area contributed by atoms with Crippen LogP contribution >= 0.6 is 24.0 Å². The third kappa shape index (κ3) is 6.77. The molecule has 1 aromatic carbocycles. The summed E-state index contributed by atoms with van der Waals surface area (Å²) in [5, 5.41) is 3.44. The summed E-state index contributed by atoms with van der Waals surface area (Å²) >= 11 is 0. The summed E-state index contributed by atoms with van der Waals surface area (Å²) in [5.74, 6) is 1.01. The quantitative estimate of drug-likeness (QED) is 0.362. The molecule has 0 amide bonds. The van der Waals surface area contributed by atoms with Gasteiger partial charge in [0.25, 0.3) is 0 Å². The van der Waals surface area contributed by atoms with Crippen molar-refractivity contribution < 1.29 is 4.74 Å². The van der Waals surface area contributed by atoms with E-state index in [0.29, 0.717) is 12.6 Å². The van der Waals surface area contributed by atoms with E-state index in [9.17, 15) is 0 Å². The molecule has 0 atom stereocenters. The number of ether oxygens (including phenoxy) is 1. The molecule has 3 rings (SSSR count). The van der Waals surface area contributed by atoms with Gasteiger partial charge in [-0.25, -0.2) is 9.98 Å². The highest BCUT2D eigenvalue weighted by Crippen LogP contribution is 2.14. The zero-order chi connectivity index (χ0) is 18.9. The Balaban J connectivity index is 0.00000280. The van der Waals surface area contributed by atoms with Gasteiger partial charge in [0.1, 0.15) is 0 Å². The Morgan fingerprint density at radius 1 is 1.25 bits per heavy atom. The van der Waals surface area contributed by atoms with Crippen LogP contribution in [0.5, 0.6) is 0 Å². The SMILES string of the molecule is CCNC(=NCc1cccc(Cn2ccnc2)c1)N1CCC(OCC)CC1.I. The largest absolute Gasteiger partial charge is 0.378 e. The van der Waals surface area contributed by atoms with Crippen LogP contribution in [0, 0.1) is 0 Å². The summed E-state index contributed by atoms with van der Waals surface area (Å²) in [6, 6.07) is 8.63. The van der Waals surface area contributed by atoms with E-state index in [1.165, 1.54) is 11.1 Å². The molecule has 2 heterocycles. The Labute approximate surface area is 185 Å². The number of hydrogen-bond acceptors (Lipinski definition) is 3. The van der Waals surface area contributed by atoms with Gasteiger partial charge in [-0.3, -0.25) is 0 Å². The molecule has 2 aromatic rings. The molecule has 1 aliphatic rings. The van der Waals surface area contributed by atoms with E-state index >= 15 is 0 Å². The van der Waals surface area contributed by atoms with Crippen LogP contribution in [0.4, 0.5) is 0 Å². The second-order valence-corrected chi connectivity index (χ2v) is 6.87. The number of hydrogen-bond donors (Lipinski definition) is 1. The van der Waals surface area contributed by atoms with Crippen LogP contribution < -0.4 is 5.32 Å². The Morgan fingerprint density at radius 3 is 2.71 bits per heavy atom. The van der Waals surface area contributed by atoms with Crippen LogP contribution in [0.1, 0.15) is 37.8 Å². The van der Waals surface area contributed by atoms with E-state index in [4.69, 9.17) is 9.73 Å². The predicted molar refractivity (Wildman–Crippen MR) is 124 cm³/mol. The minimum Gasteiger partial charge on any atom is -0.378 e. The van der Waals surface area contributed by atoms with Gasteiger partial charge in [0.15, 0.2) is 5.96 Å². The number of nitrogens with zero attached hydrogens (tertiary/aromatic N) is 4. The zero-order valence-electron chi connectivity index (χ0n) is 16.9. The van der Waals surface area contributed by atoms with Crippen molar-refractivity contribution in [3.63, 3.8) is 0 Å². The molecule has 1 fully saturated rings. The van der Waals surface area contributed by atoms with Crippen molar-refractivity contribution in [3.8, 4) is 0 Å². The lowest BCUT2D eigenvalue weighted by Gasteiger charge is -2.34. The topological polar surface area (TPSA) is 54.7 Å². The molecule has 0 bridgehead atoms. The number of benzene rings is 1. The zero-order valence-corrected chi connectivity index (χ0v) is 19.2. The second-order valence-electron chi connectivity index (χ2n) is 6.87. The number of guanidine groups is 1. The van der Waals surface area contributed by atoms with Gasteiger partial charge in [0.2, 0.25) is 0 Å². The first-order valence-electron chi connectivity index (χ1n) is 9.97. The van der Waals surface area contributed by atoms with Gasteiger partial charge < -0.3 is 19.5 Å². The first-order valence-corrected chi connectivity index (χ1v) is 9.97. The van der Waals surface area contributed by atoms with Crippen molar-refractivity contribution in [3.05, 3.63) is 54.1 Å². The highest BCUT2D eigenvalue weighted by Gasteiger charge is 2.21. The molecule has 0 unspecified atom stereocenters. The van der Waals surface area contributed by atoms with E-state index in [2.05, 4.69) is 57.9 Å². The maximum absolute atomic E-state index is 5.76. The van der Waals surface area contributed by atoms with Crippen molar-refractivity contribution in [1.82, 2.24) is 19.8 Å². The van der Waals surface area contributed by atoms with Crippen molar-refractivity contribution in [2.24, 2.45) is 4.99 Å². The summed E-state index contributed by atoms with van der Waals surface area (Å²) in [4.78, 5) is 11.4. The maximum Gasteiger partial charge on any atom is 0.194 e. The van der Waals surface area contributed by atoms with Crippen molar-refractivity contribution in [2.75, 3.05) is 26.2 Å². The summed E-state index contributed by atoms with van der Waals surface area (Å²) in [6.45, 7) is 9.38. The van der Waals surface area contributed by atoms with E-state index in [0.717, 1.165) is 51.6 Å². The Kier molecular flexibility index (Phi) is 9.77. The third-order valence-corrected chi connectivity index (χ3v) is 4.81. The van der Waals surface area contributed by atoms with Gasteiger partial charge in [-0.2, -0.15) is 0 Å². The molecule has 0 aliphatic carbocycles. The van der Waals surface area contributed by atoms with Gasteiger partial charge >= 0.3 is 0 Å². The molecule has 154 valence electrons. The number of nitrogens with one attached hydrogen (secondary N) is 1. The number of aliphatic imine (C=N–C) groups is 1. The van der Waals surface area contributed by atoms with E-state index in [-0.39, 0.29) is 24.0 Å². The van der Waals surface area contributed by atoms with Gasteiger partial charge in [-0.1, -0.05) is 24.3 Å². The number of likely N-dealkylation sites (tertiary alicyclic amines) is 1. The average molecular weight is 497 g/mol. The monoisotopic (exact) mass is 497 g/mol. The van der Waals surface area contributed by atoms with E-state index in [1.807, 2.05) is 18.7 Å². The highest BCUT2D eigenvalue weighted by molar-refractivity contribution is 14.0. The number of aromatic nitrogens is 2. The molecule has 1 aliphatic heterocycles. The van der Waals surface area contributed by atoms with Crippen LogP contribution in [0.2, 0.25) is 0 Å². The second kappa shape index (κ2) is 12.1. The van der Waals surface area contributed by atoms with Crippen molar-refractivity contribution >= 4 is 29.9 Å². The van der Waals surface area contributed by atoms with E-state index in [1.54, 1.807) is 0 Å². The lowest BCUT2D eigenvalue weighted by Crippen LogP contribution is -2.47. The minimum atomic E-state index is 0. The molecule has 6 nitrogen and oxygen atoms in total. The fourth-order valence-electron chi connectivity index (χ4n) is 3.48. The molecule has 0 saturated carbocycles. The molecule has 1 saturated heterocycles. The molecule has 0 radical (unpaired) electrons. The van der Waals surface area contributed by atoms with Crippen molar-refractivity contribution in [2.45, 2.75) is 45.9 Å². The maximum atomic E-state index is 5.76. The van der Waals surface area contributed by atoms with Crippen LogP contribution in [0.25, 0.3) is 0 Å². The summed E-state index contributed by atoms with van der Waals surface area (Å²) in [7, 11) is 0. The Morgan fingerprint density at radius 2 is 2.04 bits per heavy atom. The molecule has 1 N–H and O–H groups in total. The number of imidazole rings is 1. The Bertz CT molecular complexity index is 711. The summed E-state index contributed by atoms with van der Waals surface area (Å²) in [6.07, 6.45) is 8.18. The molecular formula is C21H32IN5O. The van der Waals surface area contributed by atoms with Gasteiger partial charge in [0, 0.05) is 45.2 Å².